The van der Waals surface area contributed by atoms with Crippen LogP contribution in [-0.4, -0.2) is 59.6 Å². The molecule has 0 saturated carbocycles. The number of halogens is 1. The van der Waals surface area contributed by atoms with Crippen molar-refractivity contribution >= 4 is 17.8 Å². The normalized spacial score (nSPS) is 18.3. The molecule has 1 atom stereocenters. The van der Waals surface area contributed by atoms with Crippen molar-refractivity contribution in [3.8, 4) is 0 Å². The van der Waals surface area contributed by atoms with Gasteiger partial charge in [-0.1, -0.05) is 0 Å². The lowest BCUT2D eigenvalue weighted by Gasteiger charge is -2.36. The van der Waals surface area contributed by atoms with Gasteiger partial charge in [0.15, 0.2) is 0 Å². The van der Waals surface area contributed by atoms with Crippen LogP contribution in [0.2, 0.25) is 0 Å². The molecule has 0 N–H and O–H groups in total. The monoisotopic (exact) mass is 260 g/mol. The molecule has 1 unspecified atom stereocenters. The summed E-state index contributed by atoms with van der Waals surface area (Å²) in [7, 11) is 0. The Kier molecular flexibility index (Phi) is 4.63. The molecule has 1 aliphatic rings. The molecule has 1 heterocycles. The minimum atomic E-state index is -2.21. The van der Waals surface area contributed by atoms with E-state index < -0.39 is 24.1 Å². The number of rotatable bonds is 4. The largest absolute Gasteiger partial charge is 0.462 e. The highest BCUT2D eigenvalue weighted by molar-refractivity contribution is 6.35. The first kappa shape index (κ1) is 14.4. The van der Waals surface area contributed by atoms with Crippen molar-refractivity contribution in [2.45, 2.75) is 33.1 Å². The number of piperazine rings is 1. The second-order valence-electron chi connectivity index (χ2n) is 4.18. The summed E-state index contributed by atoms with van der Waals surface area (Å²) in [5.41, 5.74) is 0. The lowest BCUT2D eigenvalue weighted by Crippen LogP contribution is -2.59. The Morgan fingerprint density at radius 3 is 2.28 bits per heavy atom. The Morgan fingerprint density at radius 2 is 1.78 bits per heavy atom. The van der Waals surface area contributed by atoms with E-state index >= 15 is 0 Å². The maximum Gasteiger partial charge on any atom is 0.362 e. The van der Waals surface area contributed by atoms with Gasteiger partial charge in [-0.15, -0.1) is 0 Å². The van der Waals surface area contributed by atoms with Crippen molar-refractivity contribution in [3.05, 3.63) is 0 Å². The van der Waals surface area contributed by atoms with Crippen molar-refractivity contribution in [1.29, 1.82) is 0 Å². The topological polar surface area (TPSA) is 66.9 Å². The van der Waals surface area contributed by atoms with Gasteiger partial charge in [-0.2, -0.15) is 0 Å². The summed E-state index contributed by atoms with van der Waals surface area (Å²) in [5.74, 6) is -2.93. The lowest BCUT2D eigenvalue weighted by atomic mass is 10.2. The van der Waals surface area contributed by atoms with Crippen LogP contribution in [0.4, 0.5) is 4.39 Å². The predicted molar refractivity (Wildman–Crippen MR) is 60.1 cm³/mol. The van der Waals surface area contributed by atoms with E-state index in [0.29, 0.717) is 4.90 Å². The number of hydrogen-bond acceptors (Lipinski definition) is 4. The second kappa shape index (κ2) is 5.79. The molecular formula is C11H17FN2O4. The Labute approximate surface area is 105 Å². The van der Waals surface area contributed by atoms with Gasteiger partial charge in [0, 0.05) is 19.1 Å². The van der Waals surface area contributed by atoms with Gasteiger partial charge in [0.25, 0.3) is 6.30 Å². The van der Waals surface area contributed by atoms with Crippen LogP contribution in [0.1, 0.15) is 20.8 Å². The van der Waals surface area contributed by atoms with E-state index in [1.165, 1.54) is 11.8 Å². The highest BCUT2D eigenvalue weighted by atomic mass is 19.1. The molecular weight excluding hydrogens is 243 g/mol. The number of amides is 2. The summed E-state index contributed by atoms with van der Waals surface area (Å²) in [6.07, 6.45) is -2.21. The molecule has 18 heavy (non-hydrogen) atoms. The van der Waals surface area contributed by atoms with Crippen LogP contribution in [0.25, 0.3) is 0 Å². The molecule has 0 aromatic heterocycles. The van der Waals surface area contributed by atoms with E-state index in [2.05, 4.69) is 4.74 Å². The Bertz CT molecular complexity index is 359. The Morgan fingerprint density at radius 1 is 1.28 bits per heavy atom. The van der Waals surface area contributed by atoms with E-state index in [0.717, 1.165) is 0 Å². The molecule has 0 radical (unpaired) electrons. The Balaban J connectivity index is 2.74. The van der Waals surface area contributed by atoms with E-state index in [1.807, 2.05) is 0 Å². The van der Waals surface area contributed by atoms with Crippen LogP contribution in [0.3, 0.4) is 0 Å². The smallest absolute Gasteiger partial charge is 0.362 e. The molecule has 102 valence electrons. The quantitative estimate of drug-likeness (QED) is 0.403. The first-order chi connectivity index (χ1) is 8.40. The van der Waals surface area contributed by atoms with Crippen LogP contribution >= 0.6 is 0 Å². The number of hydrogen-bond donors (Lipinski definition) is 0. The molecule has 1 fully saturated rings. The lowest BCUT2D eigenvalue weighted by molar-refractivity contribution is -0.171. The highest BCUT2D eigenvalue weighted by Crippen LogP contribution is 2.13. The average Bonchev–Trinajstić information content (AvgIpc) is 2.31. The minimum Gasteiger partial charge on any atom is -0.462 e. The van der Waals surface area contributed by atoms with Crippen LogP contribution in [0.5, 0.6) is 0 Å². The predicted octanol–water partition coefficient (Wildman–Crippen LogP) is -0.0757. The molecule has 7 heteroatoms. The number of carbonyl (C=O) groups excluding carboxylic acids is 3. The third kappa shape index (κ3) is 2.77. The van der Waals surface area contributed by atoms with E-state index in [-0.39, 0.29) is 25.7 Å². The highest BCUT2D eigenvalue weighted by Gasteiger charge is 2.40. The van der Waals surface area contributed by atoms with Crippen molar-refractivity contribution in [3.63, 3.8) is 0 Å². The number of nitrogens with zero attached hydrogens (tertiary/aromatic N) is 2. The standard InChI is InChI=1S/C11H17FN2O4/c1-4-18-11(17)8(12)14-6-5-13(7(2)3)9(15)10(14)16/h7-8H,4-6H2,1-3H3. The molecule has 1 rings (SSSR count). The first-order valence-electron chi connectivity index (χ1n) is 5.82. The van der Waals surface area contributed by atoms with Crippen molar-refractivity contribution in [1.82, 2.24) is 9.80 Å². The summed E-state index contributed by atoms with van der Waals surface area (Å²) in [4.78, 5) is 36.5. The SMILES string of the molecule is CCOC(=O)C(F)N1CCN(C(C)C)C(=O)C1=O. The maximum absolute atomic E-state index is 13.7. The second-order valence-corrected chi connectivity index (χ2v) is 4.18. The van der Waals surface area contributed by atoms with Crippen LogP contribution < -0.4 is 0 Å². The third-order valence-electron chi connectivity index (χ3n) is 2.66. The number of carbonyl (C=O) groups is 3. The van der Waals surface area contributed by atoms with Gasteiger partial charge in [-0.25, -0.2) is 9.18 Å². The van der Waals surface area contributed by atoms with E-state index in [9.17, 15) is 18.8 Å². The number of ether oxygens (including phenoxy) is 1. The molecule has 1 aliphatic heterocycles. The fourth-order valence-electron chi connectivity index (χ4n) is 1.71. The molecule has 6 nitrogen and oxygen atoms in total. The molecule has 0 aromatic carbocycles. The van der Waals surface area contributed by atoms with Crippen LogP contribution in [0, 0.1) is 0 Å². The van der Waals surface area contributed by atoms with Gasteiger partial charge < -0.3 is 9.64 Å². The zero-order valence-electron chi connectivity index (χ0n) is 10.7. The van der Waals surface area contributed by atoms with E-state index in [1.54, 1.807) is 13.8 Å². The molecule has 2 amide bonds. The van der Waals surface area contributed by atoms with Crippen LogP contribution in [0.15, 0.2) is 0 Å². The van der Waals surface area contributed by atoms with Gasteiger partial charge in [-0.3, -0.25) is 14.5 Å². The van der Waals surface area contributed by atoms with Crippen LogP contribution in [-0.2, 0) is 19.1 Å². The maximum atomic E-state index is 13.7. The molecule has 0 bridgehead atoms. The van der Waals surface area contributed by atoms with Gasteiger partial charge in [0.05, 0.1) is 6.61 Å². The summed E-state index contributed by atoms with van der Waals surface area (Å²) in [6.45, 7) is 5.28. The fraction of sp³-hybridized carbons (Fsp3) is 0.727. The number of esters is 1. The van der Waals surface area contributed by atoms with Gasteiger partial charge in [-0.05, 0) is 20.8 Å². The van der Waals surface area contributed by atoms with Crippen molar-refractivity contribution < 1.29 is 23.5 Å². The zero-order chi connectivity index (χ0) is 13.9. The first-order valence-corrected chi connectivity index (χ1v) is 5.82. The molecule has 0 aliphatic carbocycles. The van der Waals surface area contributed by atoms with Gasteiger partial charge in [0.1, 0.15) is 0 Å². The molecule has 0 aromatic rings. The average molecular weight is 260 g/mol. The van der Waals surface area contributed by atoms with E-state index in [4.69, 9.17) is 0 Å². The summed E-state index contributed by atoms with van der Waals surface area (Å²) in [6, 6.07) is -0.135. The van der Waals surface area contributed by atoms with Crippen molar-refractivity contribution in [2.24, 2.45) is 0 Å². The zero-order valence-corrected chi connectivity index (χ0v) is 10.7. The number of alkyl halides is 1. The summed E-state index contributed by atoms with van der Waals surface area (Å²) >= 11 is 0. The summed E-state index contributed by atoms with van der Waals surface area (Å²) in [5, 5.41) is 0. The molecule has 1 saturated heterocycles. The molecule has 0 spiro atoms. The summed E-state index contributed by atoms with van der Waals surface area (Å²) < 4.78 is 18.2. The van der Waals surface area contributed by atoms with Gasteiger partial charge in [0.2, 0.25) is 0 Å². The Hall–Kier alpha value is -1.66. The minimum absolute atomic E-state index is 0.0112. The third-order valence-corrected chi connectivity index (χ3v) is 2.66. The van der Waals surface area contributed by atoms with Crippen molar-refractivity contribution in [2.75, 3.05) is 19.7 Å². The fourth-order valence-corrected chi connectivity index (χ4v) is 1.71. The van der Waals surface area contributed by atoms with Gasteiger partial charge >= 0.3 is 17.8 Å².